The Morgan fingerprint density at radius 2 is 2.07 bits per heavy atom. The number of aliphatic imine (C=N–C) groups is 1. The molecule has 4 heterocycles. The van der Waals surface area contributed by atoms with E-state index in [0.717, 1.165) is 76.1 Å². The highest BCUT2D eigenvalue weighted by atomic mass is 32.2. The maximum atomic E-state index is 14.9. The number of fused-ring (bicyclic) bond motifs is 2. The summed E-state index contributed by atoms with van der Waals surface area (Å²) < 4.78 is 20.7. The van der Waals surface area contributed by atoms with Crippen LogP contribution in [-0.4, -0.2) is 78.5 Å². The summed E-state index contributed by atoms with van der Waals surface area (Å²) in [6.07, 6.45) is 8.69. The first kappa shape index (κ1) is 27.2. The molecule has 0 bridgehead atoms. The van der Waals surface area contributed by atoms with E-state index in [1.165, 1.54) is 27.6 Å². The largest absolute Gasteiger partial charge is 0.376 e. The molecule has 4 unspecified atom stereocenters. The zero-order valence-corrected chi connectivity index (χ0v) is 25.1. The van der Waals surface area contributed by atoms with Crippen LogP contribution in [-0.2, 0) is 17.6 Å². The van der Waals surface area contributed by atoms with Crippen LogP contribution in [0.5, 0.6) is 0 Å². The van der Waals surface area contributed by atoms with Crippen molar-refractivity contribution in [3.05, 3.63) is 88.1 Å². The van der Waals surface area contributed by atoms with Crippen molar-refractivity contribution in [3.63, 3.8) is 0 Å². The highest BCUT2D eigenvalue weighted by molar-refractivity contribution is 8.04. The zero-order chi connectivity index (χ0) is 28.1. The SMILES string of the molecule is C=CC1=CC2C(N=C(CN3CCN(c4cccc5c4C[C@@H](c4ccc(C)cc4F)CC5)CC3C)N2CC2CCO2)S1. The second-order valence-corrected chi connectivity index (χ2v) is 13.6. The molecule has 7 heteroatoms. The summed E-state index contributed by atoms with van der Waals surface area (Å²) in [5.74, 6) is 1.40. The smallest absolute Gasteiger partial charge is 0.126 e. The number of aryl methyl sites for hydroxylation is 2. The molecule has 5 atom stereocenters. The van der Waals surface area contributed by atoms with Gasteiger partial charge in [-0.1, -0.05) is 48.7 Å². The third-order valence-electron chi connectivity index (χ3n) is 9.75. The van der Waals surface area contributed by atoms with Gasteiger partial charge in [-0.05, 0) is 85.9 Å². The third-order valence-corrected chi connectivity index (χ3v) is 11.0. The zero-order valence-electron chi connectivity index (χ0n) is 24.3. The summed E-state index contributed by atoms with van der Waals surface area (Å²) in [4.78, 5) is 14.1. The molecule has 2 saturated heterocycles. The second-order valence-electron chi connectivity index (χ2n) is 12.4. The normalized spacial score (nSPS) is 29.5. The molecule has 2 aromatic rings. The van der Waals surface area contributed by atoms with Crippen LogP contribution in [0.1, 0.15) is 47.9 Å². The van der Waals surface area contributed by atoms with E-state index in [1.54, 1.807) is 6.07 Å². The van der Waals surface area contributed by atoms with Crippen LogP contribution in [0.25, 0.3) is 0 Å². The van der Waals surface area contributed by atoms with E-state index in [-0.39, 0.29) is 17.1 Å². The quantitative estimate of drug-likeness (QED) is 0.411. The van der Waals surface area contributed by atoms with E-state index in [4.69, 9.17) is 9.73 Å². The standard InChI is InChI=1S/C34H41FN4OS/c1-4-27-18-32-34(41-27)36-33(39(32)20-26-12-15-40-26)21-37-13-14-38(19-23(37)3)31-7-5-6-24-9-10-25(17-29(24)31)28-11-8-22(2)16-30(28)35/h4-8,11,16,18,23,25-26,32,34H,1,9-10,12-15,17,19-21H2,2-3H3/t23?,25-,26?,32?,34?/m0/s1. The molecule has 4 aliphatic heterocycles. The molecule has 5 aliphatic rings. The van der Waals surface area contributed by atoms with Crippen molar-refractivity contribution in [1.82, 2.24) is 9.80 Å². The number of piperazine rings is 1. The van der Waals surface area contributed by atoms with Gasteiger partial charge in [-0.2, -0.15) is 0 Å². The van der Waals surface area contributed by atoms with Gasteiger partial charge in [0.1, 0.15) is 17.0 Å². The summed E-state index contributed by atoms with van der Waals surface area (Å²) in [7, 11) is 0. The minimum absolute atomic E-state index is 0.0512. The lowest BCUT2D eigenvalue weighted by Gasteiger charge is -2.43. The fraction of sp³-hybridized carbons (Fsp3) is 0.500. The van der Waals surface area contributed by atoms with Gasteiger partial charge in [-0.15, -0.1) is 0 Å². The topological polar surface area (TPSA) is 31.3 Å². The van der Waals surface area contributed by atoms with Crippen LogP contribution < -0.4 is 4.90 Å². The molecule has 0 N–H and O–H groups in total. The van der Waals surface area contributed by atoms with Crippen molar-refractivity contribution < 1.29 is 9.13 Å². The average molecular weight is 573 g/mol. The van der Waals surface area contributed by atoms with Gasteiger partial charge in [0.25, 0.3) is 0 Å². The molecule has 2 fully saturated rings. The van der Waals surface area contributed by atoms with E-state index < -0.39 is 0 Å². The van der Waals surface area contributed by atoms with Gasteiger partial charge in [0, 0.05) is 49.4 Å². The first-order valence-corrected chi connectivity index (χ1v) is 16.2. The summed E-state index contributed by atoms with van der Waals surface area (Å²) in [6, 6.07) is 13.3. The summed E-state index contributed by atoms with van der Waals surface area (Å²) >= 11 is 1.84. The van der Waals surface area contributed by atoms with Crippen molar-refractivity contribution in [2.75, 3.05) is 44.2 Å². The number of benzene rings is 2. The van der Waals surface area contributed by atoms with E-state index in [2.05, 4.69) is 58.5 Å². The van der Waals surface area contributed by atoms with Gasteiger partial charge >= 0.3 is 0 Å². The molecule has 41 heavy (non-hydrogen) atoms. The molecule has 0 spiro atoms. The number of allylic oxidation sites excluding steroid dienone is 1. The van der Waals surface area contributed by atoms with Crippen LogP contribution in [0.3, 0.4) is 0 Å². The number of ether oxygens (including phenoxy) is 1. The lowest BCUT2D eigenvalue weighted by atomic mass is 9.79. The average Bonchev–Trinajstić information content (AvgIpc) is 3.48. The third kappa shape index (κ3) is 5.26. The lowest BCUT2D eigenvalue weighted by Crippen LogP contribution is -2.55. The van der Waals surface area contributed by atoms with E-state index in [9.17, 15) is 4.39 Å². The number of halogens is 1. The molecule has 216 valence electrons. The highest BCUT2D eigenvalue weighted by Crippen LogP contribution is 2.42. The first-order chi connectivity index (χ1) is 20.0. The lowest BCUT2D eigenvalue weighted by molar-refractivity contribution is -0.0603. The molecular weight excluding hydrogens is 531 g/mol. The monoisotopic (exact) mass is 572 g/mol. The number of amidine groups is 1. The first-order valence-electron chi connectivity index (χ1n) is 15.3. The Balaban J connectivity index is 1.05. The maximum absolute atomic E-state index is 14.9. The van der Waals surface area contributed by atoms with Gasteiger partial charge in [0.2, 0.25) is 0 Å². The van der Waals surface area contributed by atoms with Gasteiger partial charge in [0.15, 0.2) is 0 Å². The fourth-order valence-corrected chi connectivity index (χ4v) is 8.42. The van der Waals surface area contributed by atoms with Crippen LogP contribution in [0.15, 0.2) is 65.0 Å². The van der Waals surface area contributed by atoms with E-state index >= 15 is 0 Å². The van der Waals surface area contributed by atoms with Gasteiger partial charge in [0.05, 0.1) is 18.7 Å². The number of hydrogen-bond acceptors (Lipinski definition) is 6. The molecule has 5 nitrogen and oxygen atoms in total. The van der Waals surface area contributed by atoms with Crippen LogP contribution in [0.4, 0.5) is 10.1 Å². The predicted molar refractivity (Wildman–Crippen MR) is 168 cm³/mol. The number of rotatable bonds is 7. The van der Waals surface area contributed by atoms with Crippen LogP contribution in [0, 0.1) is 12.7 Å². The molecule has 2 aromatic carbocycles. The van der Waals surface area contributed by atoms with Crippen molar-refractivity contribution in [3.8, 4) is 0 Å². The fourth-order valence-electron chi connectivity index (χ4n) is 7.29. The Labute approximate surface area is 248 Å². The molecule has 7 rings (SSSR count). The molecular formula is C34H41FN4OS. The number of anilines is 1. The van der Waals surface area contributed by atoms with Gasteiger partial charge < -0.3 is 14.5 Å². The Bertz CT molecular complexity index is 1390. The summed E-state index contributed by atoms with van der Waals surface area (Å²) in [5.41, 5.74) is 6.07. The predicted octanol–water partition coefficient (Wildman–Crippen LogP) is 5.93. The number of nitrogens with zero attached hydrogens (tertiary/aromatic N) is 4. The van der Waals surface area contributed by atoms with Crippen LogP contribution in [0.2, 0.25) is 0 Å². The van der Waals surface area contributed by atoms with Gasteiger partial charge in [-0.3, -0.25) is 9.89 Å². The van der Waals surface area contributed by atoms with Crippen LogP contribution >= 0.6 is 11.8 Å². The number of thioether (sulfide) groups is 1. The second kappa shape index (κ2) is 11.2. The molecule has 0 amide bonds. The summed E-state index contributed by atoms with van der Waals surface area (Å²) in [5, 5.41) is 0.233. The van der Waals surface area contributed by atoms with Crippen molar-refractivity contribution in [1.29, 1.82) is 0 Å². The number of hydrogen-bond donors (Lipinski definition) is 0. The Hall–Kier alpha value is -2.61. The Morgan fingerprint density at radius 3 is 2.83 bits per heavy atom. The van der Waals surface area contributed by atoms with Gasteiger partial charge in [-0.25, -0.2) is 4.39 Å². The van der Waals surface area contributed by atoms with Crippen molar-refractivity contribution in [2.45, 2.75) is 69.0 Å². The van der Waals surface area contributed by atoms with E-state index in [0.29, 0.717) is 18.2 Å². The minimum Gasteiger partial charge on any atom is -0.376 e. The Morgan fingerprint density at radius 1 is 1.20 bits per heavy atom. The molecule has 1 aliphatic carbocycles. The minimum atomic E-state index is -0.0512. The van der Waals surface area contributed by atoms with E-state index in [1.807, 2.05) is 30.8 Å². The molecule has 0 saturated carbocycles. The molecule has 0 radical (unpaired) electrons. The molecule has 0 aromatic heterocycles. The maximum Gasteiger partial charge on any atom is 0.126 e. The Kier molecular flexibility index (Phi) is 7.46. The highest BCUT2D eigenvalue weighted by Gasteiger charge is 2.42. The summed E-state index contributed by atoms with van der Waals surface area (Å²) in [6.45, 7) is 14.0. The van der Waals surface area contributed by atoms with Crippen molar-refractivity contribution in [2.24, 2.45) is 4.99 Å². The van der Waals surface area contributed by atoms with Crippen molar-refractivity contribution >= 4 is 23.3 Å².